The number of aromatic nitrogens is 1. The highest BCUT2D eigenvalue weighted by atomic mass is 32.2. The Morgan fingerprint density at radius 3 is 2.71 bits per heavy atom. The van der Waals surface area contributed by atoms with Crippen molar-refractivity contribution in [2.24, 2.45) is 0 Å². The highest BCUT2D eigenvalue weighted by molar-refractivity contribution is 7.91. The molecule has 0 radical (unpaired) electrons. The fraction of sp³-hybridized carbons (Fsp3) is 0.667. The molecule has 0 spiro atoms. The molecular weight excluding hydrogens is 236 g/mol. The number of rotatable bonds is 8. The summed E-state index contributed by atoms with van der Waals surface area (Å²) in [5.74, 6) is 0.523. The first-order valence-corrected chi connectivity index (χ1v) is 7.95. The van der Waals surface area contributed by atoms with E-state index >= 15 is 0 Å². The summed E-state index contributed by atoms with van der Waals surface area (Å²) in [5, 5.41) is 3.24. The zero-order chi connectivity index (χ0) is 12.7. The second-order valence-corrected chi connectivity index (χ2v) is 6.49. The lowest BCUT2D eigenvalue weighted by Crippen LogP contribution is -2.15. The van der Waals surface area contributed by atoms with Crippen molar-refractivity contribution < 1.29 is 8.42 Å². The van der Waals surface area contributed by atoms with Gasteiger partial charge in [0.15, 0.2) is 9.84 Å². The zero-order valence-electron chi connectivity index (χ0n) is 10.6. The largest absolute Gasteiger partial charge is 0.353 e. The van der Waals surface area contributed by atoms with E-state index in [2.05, 4.69) is 12.2 Å². The molecule has 1 aromatic heterocycles. The van der Waals surface area contributed by atoms with Crippen molar-refractivity contribution in [3.05, 3.63) is 24.0 Å². The van der Waals surface area contributed by atoms with Crippen LogP contribution in [0, 0.1) is 0 Å². The lowest BCUT2D eigenvalue weighted by molar-refractivity contribution is 0.587. The second-order valence-electron chi connectivity index (χ2n) is 4.19. The Kier molecular flexibility index (Phi) is 5.71. The molecule has 1 rings (SSSR count). The van der Waals surface area contributed by atoms with E-state index in [4.69, 9.17) is 0 Å². The number of sulfone groups is 1. The number of hydrogen-bond donors (Lipinski definition) is 1. The fourth-order valence-electron chi connectivity index (χ4n) is 1.66. The Morgan fingerprint density at radius 1 is 1.29 bits per heavy atom. The summed E-state index contributed by atoms with van der Waals surface area (Å²) in [6.45, 7) is 6.28. The standard InChI is InChI=1S/C12H22N2O2S/c1-3-8-17(15,16)9-7-14-6-5-12(11-14)10-13-4-2/h5-6,11,13H,3-4,7-10H2,1-2H3. The van der Waals surface area contributed by atoms with E-state index in [1.54, 1.807) is 0 Å². The van der Waals surface area contributed by atoms with Crippen LogP contribution in [-0.4, -0.2) is 31.0 Å². The van der Waals surface area contributed by atoms with Crippen molar-refractivity contribution in [2.75, 3.05) is 18.1 Å². The van der Waals surface area contributed by atoms with Crippen LogP contribution in [0.5, 0.6) is 0 Å². The maximum atomic E-state index is 11.6. The third kappa shape index (κ3) is 5.37. The van der Waals surface area contributed by atoms with Crippen molar-refractivity contribution in [1.29, 1.82) is 0 Å². The Labute approximate surface area is 104 Å². The lowest BCUT2D eigenvalue weighted by atomic mass is 10.3. The lowest BCUT2D eigenvalue weighted by Gasteiger charge is -2.04. The van der Waals surface area contributed by atoms with Crippen molar-refractivity contribution in [1.82, 2.24) is 9.88 Å². The quantitative estimate of drug-likeness (QED) is 0.767. The highest BCUT2D eigenvalue weighted by Gasteiger charge is 2.09. The van der Waals surface area contributed by atoms with Crippen LogP contribution >= 0.6 is 0 Å². The van der Waals surface area contributed by atoms with Crippen LogP contribution in [0.2, 0.25) is 0 Å². The number of hydrogen-bond acceptors (Lipinski definition) is 3. The van der Waals surface area contributed by atoms with Crippen LogP contribution in [0.15, 0.2) is 18.5 Å². The van der Waals surface area contributed by atoms with Gasteiger partial charge in [0.2, 0.25) is 0 Å². The monoisotopic (exact) mass is 258 g/mol. The summed E-state index contributed by atoms with van der Waals surface area (Å²) in [4.78, 5) is 0. The first-order valence-electron chi connectivity index (χ1n) is 6.13. The minimum absolute atomic E-state index is 0.232. The first-order chi connectivity index (χ1) is 8.07. The van der Waals surface area contributed by atoms with E-state index in [9.17, 15) is 8.42 Å². The minimum atomic E-state index is -2.87. The second kappa shape index (κ2) is 6.81. The SMILES string of the molecule is CCCS(=O)(=O)CCn1ccc(CNCC)c1. The zero-order valence-corrected chi connectivity index (χ0v) is 11.5. The van der Waals surface area contributed by atoms with E-state index in [1.807, 2.05) is 30.0 Å². The minimum Gasteiger partial charge on any atom is -0.353 e. The van der Waals surface area contributed by atoms with Crippen LogP contribution in [0.3, 0.4) is 0 Å². The molecule has 0 aliphatic carbocycles. The van der Waals surface area contributed by atoms with Crippen LogP contribution in [0.4, 0.5) is 0 Å². The molecule has 5 heteroatoms. The topological polar surface area (TPSA) is 51.1 Å². The molecule has 0 atom stereocenters. The molecule has 0 saturated carbocycles. The molecule has 0 aliphatic rings. The Bertz CT molecular complexity index is 423. The summed E-state index contributed by atoms with van der Waals surface area (Å²) in [6, 6.07) is 2.02. The van der Waals surface area contributed by atoms with Crippen molar-refractivity contribution in [2.45, 2.75) is 33.4 Å². The van der Waals surface area contributed by atoms with Gasteiger partial charge in [-0.1, -0.05) is 13.8 Å². The molecule has 0 aliphatic heterocycles. The van der Waals surface area contributed by atoms with Gasteiger partial charge in [0.25, 0.3) is 0 Å². The van der Waals surface area contributed by atoms with Gasteiger partial charge in [-0.2, -0.15) is 0 Å². The Hall–Kier alpha value is -0.810. The molecule has 0 amide bonds. The average Bonchev–Trinajstić information content (AvgIpc) is 2.72. The van der Waals surface area contributed by atoms with Gasteiger partial charge in [-0.25, -0.2) is 8.42 Å². The molecule has 1 heterocycles. The van der Waals surface area contributed by atoms with E-state index in [1.165, 1.54) is 5.56 Å². The Morgan fingerprint density at radius 2 is 2.06 bits per heavy atom. The molecule has 0 unspecified atom stereocenters. The van der Waals surface area contributed by atoms with Gasteiger partial charge < -0.3 is 9.88 Å². The van der Waals surface area contributed by atoms with Gasteiger partial charge in [0.05, 0.1) is 5.75 Å². The molecule has 17 heavy (non-hydrogen) atoms. The summed E-state index contributed by atoms with van der Waals surface area (Å²) in [6.07, 6.45) is 4.64. The molecule has 0 saturated heterocycles. The molecule has 1 aromatic rings. The smallest absolute Gasteiger partial charge is 0.152 e. The summed E-state index contributed by atoms with van der Waals surface area (Å²) in [5.41, 5.74) is 1.19. The van der Waals surface area contributed by atoms with Gasteiger partial charge in [0.1, 0.15) is 0 Å². The van der Waals surface area contributed by atoms with E-state index in [0.717, 1.165) is 13.1 Å². The number of aryl methyl sites for hydroxylation is 1. The third-order valence-electron chi connectivity index (χ3n) is 2.57. The van der Waals surface area contributed by atoms with Gasteiger partial charge in [-0.05, 0) is 24.6 Å². The highest BCUT2D eigenvalue weighted by Crippen LogP contribution is 2.03. The molecule has 98 valence electrons. The normalized spacial score (nSPS) is 11.9. The summed E-state index contributed by atoms with van der Waals surface area (Å²) in [7, 11) is -2.87. The fourth-order valence-corrected chi connectivity index (χ4v) is 2.98. The molecule has 1 N–H and O–H groups in total. The third-order valence-corrected chi connectivity index (χ3v) is 4.40. The number of nitrogens with one attached hydrogen (secondary N) is 1. The van der Waals surface area contributed by atoms with Crippen molar-refractivity contribution in [3.63, 3.8) is 0 Å². The van der Waals surface area contributed by atoms with E-state index in [-0.39, 0.29) is 5.75 Å². The summed E-state index contributed by atoms with van der Waals surface area (Å²) < 4.78 is 25.1. The maximum absolute atomic E-state index is 11.6. The van der Waals surface area contributed by atoms with Crippen molar-refractivity contribution in [3.8, 4) is 0 Å². The maximum Gasteiger partial charge on any atom is 0.152 e. The average molecular weight is 258 g/mol. The van der Waals surface area contributed by atoms with Gasteiger partial charge in [-0.15, -0.1) is 0 Å². The summed E-state index contributed by atoms with van der Waals surface area (Å²) >= 11 is 0. The molecule has 4 nitrogen and oxygen atoms in total. The van der Waals surface area contributed by atoms with Crippen LogP contribution < -0.4 is 5.32 Å². The molecule has 0 bridgehead atoms. The van der Waals surface area contributed by atoms with Crippen LogP contribution in [0.1, 0.15) is 25.8 Å². The molecule has 0 fully saturated rings. The van der Waals surface area contributed by atoms with Crippen LogP contribution in [-0.2, 0) is 22.9 Å². The molecular formula is C12H22N2O2S. The first kappa shape index (κ1) is 14.3. The van der Waals surface area contributed by atoms with Gasteiger partial charge >= 0.3 is 0 Å². The number of nitrogens with zero attached hydrogens (tertiary/aromatic N) is 1. The van der Waals surface area contributed by atoms with E-state index in [0.29, 0.717) is 18.7 Å². The van der Waals surface area contributed by atoms with Gasteiger partial charge in [0, 0.05) is 31.2 Å². The Balaban J connectivity index is 2.44. The predicted molar refractivity (Wildman–Crippen MR) is 70.8 cm³/mol. The van der Waals surface area contributed by atoms with Gasteiger partial charge in [-0.3, -0.25) is 0 Å². The van der Waals surface area contributed by atoms with Crippen LogP contribution in [0.25, 0.3) is 0 Å². The van der Waals surface area contributed by atoms with E-state index < -0.39 is 9.84 Å². The predicted octanol–water partition coefficient (Wildman–Crippen LogP) is 1.42. The van der Waals surface area contributed by atoms with Crippen molar-refractivity contribution >= 4 is 9.84 Å². The molecule has 0 aromatic carbocycles.